The second-order valence-corrected chi connectivity index (χ2v) is 13.5. The van der Waals surface area contributed by atoms with Crippen molar-refractivity contribution in [3.05, 3.63) is 145 Å². The monoisotopic (exact) mass is 872 g/mol. The van der Waals surface area contributed by atoms with Gasteiger partial charge in [0, 0.05) is 0 Å². The van der Waals surface area contributed by atoms with Gasteiger partial charge in [0.25, 0.3) is 0 Å². The summed E-state index contributed by atoms with van der Waals surface area (Å²) in [7, 11) is 0. The molecule has 0 aliphatic carbocycles. The predicted molar refractivity (Wildman–Crippen MR) is 225 cm³/mol. The first-order valence-electron chi connectivity index (χ1n) is 17.9. The molecule has 6 rings (SSSR count). The first-order valence-corrected chi connectivity index (χ1v) is 17.9. The molecular weight excluding hydrogens is 814 g/mol. The van der Waals surface area contributed by atoms with Crippen molar-refractivity contribution in [1.82, 2.24) is 0 Å². The molecule has 0 amide bonds. The average Bonchev–Trinajstić information content (AvgIpc) is 3.71. The van der Waals surface area contributed by atoms with Crippen molar-refractivity contribution in [2.45, 2.75) is 98.3 Å². The van der Waals surface area contributed by atoms with Crippen LogP contribution >= 0.6 is 24.8 Å². The number of rotatable bonds is 10. The fourth-order valence-corrected chi connectivity index (χ4v) is 6.24. The van der Waals surface area contributed by atoms with E-state index in [9.17, 15) is 0 Å². The van der Waals surface area contributed by atoms with Crippen LogP contribution in [-0.2, 0) is 38.7 Å². The summed E-state index contributed by atoms with van der Waals surface area (Å²) in [5.41, 5.74) is 11.1. The Labute approximate surface area is 335 Å². The fraction of sp³-hybridized carbons (Fsp3) is 0.319. The summed E-state index contributed by atoms with van der Waals surface area (Å²) >= 11 is 0. The van der Waals surface area contributed by atoms with Gasteiger partial charge in [0.05, 0.1) is 0 Å². The molecule has 0 aliphatic rings. The number of hydrogen-bond acceptors (Lipinski definition) is 0. The Morgan fingerprint density at radius 1 is 0.540 bits per heavy atom. The summed E-state index contributed by atoms with van der Waals surface area (Å²) in [4.78, 5) is 0. The standard InChI is InChI=1S/2C22H25.C3H6.2ClH.Hf/c2*1-4-5-7-17-14-20-8-6-9-21(22(20)15-17)19-12-10-18(11-13-19)16(2)3;1-3-2;;;/h2*6,8-16H,4-5,7H2,1-3H3;1-3H2;2*1H;/q2*-1;-2;;;+4. The number of benzene rings is 4. The minimum atomic E-state index is 0. The zero-order chi connectivity index (χ0) is 33.8. The molecule has 0 N–H and O–H groups in total. The van der Waals surface area contributed by atoms with Gasteiger partial charge in [-0.3, -0.25) is 0 Å². The Balaban J connectivity index is 0.000000439. The second kappa shape index (κ2) is 23.2. The van der Waals surface area contributed by atoms with Gasteiger partial charge in [-0.1, -0.05) is 139 Å². The molecule has 0 fully saturated rings. The Kier molecular flexibility index (Phi) is 21.1. The summed E-state index contributed by atoms with van der Waals surface area (Å²) in [5.74, 6) is 1.17. The van der Waals surface area contributed by atoms with Crippen LogP contribution in [0.2, 0.25) is 0 Å². The van der Waals surface area contributed by atoms with Crippen LogP contribution in [0.5, 0.6) is 0 Å². The van der Waals surface area contributed by atoms with Crippen LogP contribution < -0.4 is 0 Å². The van der Waals surface area contributed by atoms with E-state index in [0.717, 1.165) is 6.42 Å². The molecular formula is C47H58Cl2Hf. The minimum absolute atomic E-state index is 0. The second-order valence-electron chi connectivity index (χ2n) is 13.5. The van der Waals surface area contributed by atoms with Crippen molar-refractivity contribution in [2.75, 3.05) is 0 Å². The number of halogens is 2. The molecule has 0 heterocycles. The molecule has 0 aromatic heterocycles. The SMILES string of the molecule is CCCCc1cc2c(-c3ccc(C(C)C)cc3)cccc2[cH-]1.CCCCc1cc2c(-c3ccc(C(C)C)cc3)cccc2[cH-]1.Cl.Cl.[CH2-]C[CH2-].[Hf+4]. The first kappa shape index (κ1) is 45.6. The van der Waals surface area contributed by atoms with Crippen molar-refractivity contribution >= 4 is 46.4 Å². The van der Waals surface area contributed by atoms with E-state index < -0.39 is 0 Å². The molecule has 0 aliphatic heterocycles. The normalized spacial score (nSPS) is 10.4. The van der Waals surface area contributed by atoms with E-state index in [4.69, 9.17) is 0 Å². The molecule has 0 unspecified atom stereocenters. The molecule has 6 aromatic rings. The van der Waals surface area contributed by atoms with E-state index in [2.05, 4.69) is 165 Å². The summed E-state index contributed by atoms with van der Waals surface area (Å²) in [5, 5.41) is 5.53. The molecule has 3 heteroatoms. The largest absolute Gasteiger partial charge is 4.00 e. The predicted octanol–water partition coefficient (Wildman–Crippen LogP) is 15.3. The van der Waals surface area contributed by atoms with Crippen molar-refractivity contribution in [1.29, 1.82) is 0 Å². The van der Waals surface area contributed by atoms with Gasteiger partial charge in [-0.05, 0) is 46.9 Å². The topological polar surface area (TPSA) is 0 Å². The van der Waals surface area contributed by atoms with Crippen LogP contribution in [0.4, 0.5) is 0 Å². The smallest absolute Gasteiger partial charge is 0.372 e. The quantitative estimate of drug-likeness (QED) is 0.0950. The molecule has 264 valence electrons. The third-order valence-corrected chi connectivity index (χ3v) is 9.04. The summed E-state index contributed by atoms with van der Waals surface area (Å²) in [6.07, 6.45) is 8.19. The fourth-order valence-electron chi connectivity index (χ4n) is 6.24. The van der Waals surface area contributed by atoms with Crippen LogP contribution in [0.15, 0.2) is 109 Å². The van der Waals surface area contributed by atoms with E-state index in [-0.39, 0.29) is 50.7 Å². The molecule has 0 nitrogen and oxygen atoms in total. The molecule has 0 atom stereocenters. The van der Waals surface area contributed by atoms with Crippen molar-refractivity contribution in [3.63, 3.8) is 0 Å². The summed E-state index contributed by atoms with van der Waals surface area (Å²) in [6, 6.07) is 40.9. The number of aryl methyl sites for hydroxylation is 2. The molecule has 0 saturated heterocycles. The van der Waals surface area contributed by atoms with E-state index in [0.29, 0.717) is 11.8 Å². The van der Waals surface area contributed by atoms with Gasteiger partial charge in [-0.25, -0.2) is 0 Å². The van der Waals surface area contributed by atoms with Crippen molar-refractivity contribution in [3.8, 4) is 22.3 Å². The Morgan fingerprint density at radius 2 is 0.880 bits per heavy atom. The Morgan fingerprint density at radius 3 is 1.18 bits per heavy atom. The molecule has 6 aromatic carbocycles. The van der Waals surface area contributed by atoms with Crippen molar-refractivity contribution in [2.24, 2.45) is 0 Å². The van der Waals surface area contributed by atoms with Crippen LogP contribution in [0.1, 0.15) is 108 Å². The van der Waals surface area contributed by atoms with Gasteiger partial charge in [0.15, 0.2) is 0 Å². The minimum Gasteiger partial charge on any atom is -0.372 e. The van der Waals surface area contributed by atoms with Crippen LogP contribution in [-0.4, -0.2) is 0 Å². The number of fused-ring (bicyclic) bond motifs is 2. The summed E-state index contributed by atoms with van der Waals surface area (Å²) in [6.45, 7) is 20.2. The van der Waals surface area contributed by atoms with Gasteiger partial charge in [0.2, 0.25) is 0 Å². The maximum Gasteiger partial charge on any atom is 4.00 e. The van der Waals surface area contributed by atoms with Crippen LogP contribution in [0.3, 0.4) is 0 Å². The van der Waals surface area contributed by atoms with E-state index in [1.54, 1.807) is 0 Å². The van der Waals surface area contributed by atoms with Gasteiger partial charge < -0.3 is 20.3 Å². The third kappa shape index (κ3) is 12.4. The number of unbranched alkanes of at least 4 members (excludes halogenated alkanes) is 2. The van der Waals surface area contributed by atoms with Gasteiger partial charge >= 0.3 is 25.8 Å². The van der Waals surface area contributed by atoms with Crippen LogP contribution in [0.25, 0.3) is 43.8 Å². The van der Waals surface area contributed by atoms with Gasteiger partial charge in [0.1, 0.15) is 0 Å². The average molecular weight is 872 g/mol. The molecule has 0 radical (unpaired) electrons. The first-order chi connectivity index (χ1) is 22.8. The van der Waals surface area contributed by atoms with E-state index >= 15 is 0 Å². The van der Waals surface area contributed by atoms with Crippen molar-refractivity contribution < 1.29 is 25.8 Å². The molecule has 0 spiro atoms. The van der Waals surface area contributed by atoms with E-state index in [1.165, 1.54) is 105 Å². The molecule has 0 saturated carbocycles. The molecule has 50 heavy (non-hydrogen) atoms. The van der Waals surface area contributed by atoms with Gasteiger partial charge in [-0.15, -0.1) is 93.9 Å². The maximum absolute atomic E-state index is 3.38. The molecule has 0 bridgehead atoms. The number of hydrogen-bond donors (Lipinski definition) is 0. The van der Waals surface area contributed by atoms with E-state index in [1.807, 2.05) is 0 Å². The van der Waals surface area contributed by atoms with Crippen LogP contribution in [0, 0.1) is 13.8 Å². The summed E-state index contributed by atoms with van der Waals surface area (Å²) < 4.78 is 0. The maximum atomic E-state index is 3.38. The Bertz CT molecular complexity index is 1650. The zero-order valence-electron chi connectivity index (χ0n) is 31.2. The third-order valence-electron chi connectivity index (χ3n) is 9.04. The van der Waals surface area contributed by atoms with Gasteiger partial charge in [-0.2, -0.15) is 12.1 Å². The zero-order valence-corrected chi connectivity index (χ0v) is 36.5. The Hall–Kier alpha value is -2.45.